The lowest BCUT2D eigenvalue weighted by atomic mass is 9.98. The lowest BCUT2D eigenvalue weighted by molar-refractivity contribution is -0.140. The molecular formula is C30H36F3N5O7S2. The Balaban J connectivity index is 1.75. The van der Waals surface area contributed by atoms with Crippen molar-refractivity contribution in [3.63, 3.8) is 0 Å². The number of pyridine rings is 1. The number of sulfonamides is 2. The first-order chi connectivity index (χ1) is 22.0. The van der Waals surface area contributed by atoms with Crippen molar-refractivity contribution < 1.29 is 44.7 Å². The van der Waals surface area contributed by atoms with Crippen LogP contribution in [-0.2, 0) is 31.0 Å². The number of hydrogen-bond donors (Lipinski definition) is 4. The van der Waals surface area contributed by atoms with Crippen molar-refractivity contribution >= 4 is 32.0 Å². The van der Waals surface area contributed by atoms with Gasteiger partial charge in [0.1, 0.15) is 6.54 Å². The standard InChI is InChI=1S/C30H36F3N5O7S2/c1-21-19-34-14-12-25(21)24-9-7-8-23(18-24)22(2)38(47(44,45)27-11-4-3-10-26(27)30(31,32)33)16-6-5-13-35-29(41)36-15-17-46(42,43)37-20-28(39)40/h3-4,7-12,14,18-19,22,37H,5-6,13,15-17,20H2,1-2H3,(H,39,40)(H2,35,36,41). The number of alkyl halides is 3. The number of nitrogens with zero attached hydrogens (tertiary/aromatic N) is 2. The van der Waals surface area contributed by atoms with Crippen LogP contribution < -0.4 is 15.4 Å². The fraction of sp³-hybridized carbons (Fsp3) is 0.367. The van der Waals surface area contributed by atoms with Crippen molar-refractivity contribution in [3.05, 3.63) is 83.7 Å². The molecule has 1 unspecified atom stereocenters. The number of nitrogens with one attached hydrogen (secondary N) is 3. The number of aromatic nitrogens is 1. The maximum Gasteiger partial charge on any atom is 0.417 e. The molecule has 1 aromatic heterocycles. The Hall–Kier alpha value is -4.06. The number of amides is 2. The fourth-order valence-corrected chi connectivity index (χ4v) is 7.43. The highest BCUT2D eigenvalue weighted by Crippen LogP contribution is 2.38. The molecule has 3 rings (SSSR count). The van der Waals surface area contributed by atoms with E-state index in [0.717, 1.165) is 39.2 Å². The quantitative estimate of drug-likeness (QED) is 0.163. The molecular weight excluding hydrogens is 663 g/mol. The van der Waals surface area contributed by atoms with Gasteiger partial charge in [0.15, 0.2) is 0 Å². The van der Waals surface area contributed by atoms with Gasteiger partial charge in [0.2, 0.25) is 20.0 Å². The van der Waals surface area contributed by atoms with E-state index < -0.39 is 67.0 Å². The van der Waals surface area contributed by atoms with Crippen molar-refractivity contribution in [1.29, 1.82) is 0 Å². The highest BCUT2D eigenvalue weighted by Gasteiger charge is 2.40. The van der Waals surface area contributed by atoms with Gasteiger partial charge >= 0.3 is 18.2 Å². The summed E-state index contributed by atoms with van der Waals surface area (Å²) >= 11 is 0. The average molecular weight is 700 g/mol. The highest BCUT2D eigenvalue weighted by atomic mass is 32.2. The summed E-state index contributed by atoms with van der Waals surface area (Å²) in [5.41, 5.74) is 1.80. The maximum atomic E-state index is 13.9. The van der Waals surface area contributed by atoms with E-state index >= 15 is 0 Å². The van der Waals surface area contributed by atoms with Crippen LogP contribution in [0.4, 0.5) is 18.0 Å². The molecule has 0 aliphatic carbocycles. The third-order valence-corrected chi connectivity index (χ3v) is 10.5. The molecule has 0 saturated heterocycles. The van der Waals surface area contributed by atoms with Crippen molar-refractivity contribution in [1.82, 2.24) is 24.6 Å². The van der Waals surface area contributed by atoms with Crippen LogP contribution in [0.5, 0.6) is 0 Å². The number of carbonyl (C=O) groups is 2. The first-order valence-corrected chi connectivity index (χ1v) is 17.5. The summed E-state index contributed by atoms with van der Waals surface area (Å²) in [6.07, 6.45) is -1.21. The molecule has 47 heavy (non-hydrogen) atoms. The fourth-order valence-electron chi connectivity index (χ4n) is 4.70. The third kappa shape index (κ3) is 10.7. The SMILES string of the molecule is Cc1cnccc1-c1cccc(C(C)N(CCCCNC(=O)NCCS(=O)(=O)NCC(=O)O)S(=O)(=O)c2ccccc2C(F)(F)F)c1. The topological polar surface area (TPSA) is 175 Å². The van der Waals surface area contributed by atoms with E-state index in [9.17, 15) is 39.6 Å². The summed E-state index contributed by atoms with van der Waals surface area (Å²) in [7, 11) is -8.60. The lowest BCUT2D eigenvalue weighted by Crippen LogP contribution is -2.41. The first kappa shape index (κ1) is 37.4. The molecule has 0 aliphatic rings. The molecule has 17 heteroatoms. The second-order valence-corrected chi connectivity index (χ2v) is 14.3. The van der Waals surface area contributed by atoms with Crippen molar-refractivity contribution in [2.24, 2.45) is 0 Å². The minimum absolute atomic E-state index is 0.0497. The largest absolute Gasteiger partial charge is 0.480 e. The van der Waals surface area contributed by atoms with Crippen LogP contribution in [0.15, 0.2) is 71.9 Å². The van der Waals surface area contributed by atoms with Gasteiger partial charge in [-0.15, -0.1) is 0 Å². The van der Waals surface area contributed by atoms with Gasteiger partial charge in [0, 0.05) is 38.1 Å². The number of carboxylic acids is 1. The van der Waals surface area contributed by atoms with Gasteiger partial charge < -0.3 is 15.7 Å². The second-order valence-electron chi connectivity index (χ2n) is 10.5. The molecule has 1 heterocycles. The van der Waals surface area contributed by atoms with E-state index in [1.54, 1.807) is 37.5 Å². The van der Waals surface area contributed by atoms with Gasteiger partial charge in [-0.25, -0.2) is 26.4 Å². The van der Waals surface area contributed by atoms with E-state index in [-0.39, 0.29) is 32.5 Å². The molecule has 0 bridgehead atoms. The van der Waals surface area contributed by atoms with Crippen LogP contribution in [0.3, 0.4) is 0 Å². The number of carbonyl (C=O) groups excluding carboxylic acids is 1. The summed E-state index contributed by atoms with van der Waals surface area (Å²) in [5, 5.41) is 13.4. The minimum atomic E-state index is -4.92. The Labute approximate surface area is 271 Å². The van der Waals surface area contributed by atoms with Crippen molar-refractivity contribution in [2.45, 2.75) is 43.8 Å². The van der Waals surface area contributed by atoms with Crippen molar-refractivity contribution in [3.8, 4) is 11.1 Å². The number of urea groups is 1. The third-order valence-electron chi connectivity index (χ3n) is 7.10. The van der Waals surface area contributed by atoms with Crippen LogP contribution in [0.25, 0.3) is 11.1 Å². The molecule has 2 amide bonds. The van der Waals surface area contributed by atoms with E-state index in [0.29, 0.717) is 5.56 Å². The minimum Gasteiger partial charge on any atom is -0.480 e. The van der Waals surface area contributed by atoms with Crippen molar-refractivity contribution in [2.75, 3.05) is 31.9 Å². The predicted octanol–water partition coefficient (Wildman–Crippen LogP) is 3.91. The molecule has 0 spiro atoms. The smallest absolute Gasteiger partial charge is 0.417 e. The predicted molar refractivity (Wildman–Crippen MR) is 168 cm³/mol. The Morgan fingerprint density at radius 1 is 0.979 bits per heavy atom. The Bertz CT molecular complexity index is 1770. The monoisotopic (exact) mass is 699 g/mol. The van der Waals surface area contributed by atoms with Gasteiger partial charge in [-0.3, -0.25) is 9.78 Å². The summed E-state index contributed by atoms with van der Waals surface area (Å²) in [4.78, 5) is 25.8. The molecule has 256 valence electrons. The van der Waals surface area contributed by atoms with Crippen LogP contribution in [-0.4, -0.2) is 75.2 Å². The van der Waals surface area contributed by atoms with E-state index in [4.69, 9.17) is 5.11 Å². The zero-order valence-electron chi connectivity index (χ0n) is 25.6. The maximum absolute atomic E-state index is 13.9. The summed E-state index contributed by atoms with van der Waals surface area (Å²) < 4.78 is 95.9. The van der Waals surface area contributed by atoms with Gasteiger partial charge in [0.25, 0.3) is 0 Å². The molecule has 12 nitrogen and oxygen atoms in total. The zero-order chi connectivity index (χ0) is 34.8. The number of aryl methyl sites for hydroxylation is 1. The van der Waals surface area contributed by atoms with Crippen LogP contribution in [0.2, 0.25) is 0 Å². The normalized spacial score (nSPS) is 12.9. The van der Waals surface area contributed by atoms with Crippen LogP contribution >= 0.6 is 0 Å². The first-order valence-electron chi connectivity index (χ1n) is 14.4. The highest BCUT2D eigenvalue weighted by molar-refractivity contribution is 7.89. The average Bonchev–Trinajstić information content (AvgIpc) is 3.01. The molecule has 0 fully saturated rings. The Morgan fingerprint density at radius 3 is 2.36 bits per heavy atom. The van der Waals surface area contributed by atoms with Gasteiger partial charge in [-0.2, -0.15) is 17.5 Å². The molecule has 0 aliphatic heterocycles. The number of aliphatic carboxylic acids is 1. The Morgan fingerprint density at radius 2 is 1.68 bits per heavy atom. The van der Waals surface area contributed by atoms with Gasteiger partial charge in [-0.1, -0.05) is 30.3 Å². The lowest BCUT2D eigenvalue weighted by Gasteiger charge is -2.30. The number of rotatable bonds is 16. The summed E-state index contributed by atoms with van der Waals surface area (Å²) in [6.45, 7) is 2.24. The molecule has 2 aromatic carbocycles. The second kappa shape index (κ2) is 16.2. The number of halogens is 3. The zero-order valence-corrected chi connectivity index (χ0v) is 27.3. The molecule has 1 atom stereocenters. The van der Waals surface area contributed by atoms with Gasteiger partial charge in [-0.05, 0) is 73.2 Å². The number of carboxylic acid groups (broad SMARTS) is 1. The van der Waals surface area contributed by atoms with Crippen LogP contribution in [0.1, 0.15) is 42.5 Å². The number of hydrogen-bond acceptors (Lipinski definition) is 7. The van der Waals surface area contributed by atoms with E-state index in [1.165, 1.54) is 6.07 Å². The summed E-state index contributed by atoms with van der Waals surface area (Å²) in [6, 6.07) is 11.3. The molecule has 0 saturated carbocycles. The van der Waals surface area contributed by atoms with E-state index in [2.05, 4.69) is 15.6 Å². The number of benzene rings is 2. The molecule has 4 N–H and O–H groups in total. The molecule has 3 aromatic rings. The van der Waals surface area contributed by atoms with E-state index in [1.807, 2.05) is 23.8 Å². The molecule has 0 radical (unpaired) electrons. The van der Waals surface area contributed by atoms with Gasteiger partial charge in [0.05, 0.1) is 16.2 Å². The number of unbranched alkanes of at least 4 members (excludes halogenated alkanes) is 1. The summed E-state index contributed by atoms with van der Waals surface area (Å²) in [5.74, 6) is -1.92. The van der Waals surface area contributed by atoms with Crippen LogP contribution in [0, 0.1) is 6.92 Å². The Kier molecular flexibility index (Phi) is 12.9.